The van der Waals surface area contributed by atoms with Crippen LogP contribution in [0.25, 0.3) is 21.3 Å². The highest BCUT2D eigenvalue weighted by atomic mass is 35.5. The maximum Gasteiger partial charge on any atom is 0.225 e. The highest BCUT2D eigenvalue weighted by Gasteiger charge is 2.22. The summed E-state index contributed by atoms with van der Waals surface area (Å²) >= 11 is 7.86. The van der Waals surface area contributed by atoms with Crippen molar-refractivity contribution in [2.24, 2.45) is 0 Å². The Bertz CT molecular complexity index is 882. The van der Waals surface area contributed by atoms with Crippen LogP contribution >= 0.6 is 22.9 Å². The molecular weight excluding hydrogens is 352 g/mol. The van der Waals surface area contributed by atoms with Crippen LogP contribution in [0, 0.1) is 6.92 Å². The molecule has 2 aromatic heterocycles. The van der Waals surface area contributed by atoms with Gasteiger partial charge in [-0.15, -0.1) is 11.3 Å². The summed E-state index contributed by atoms with van der Waals surface area (Å²) in [5.41, 5.74) is 3.67. The monoisotopic (exact) mass is 372 g/mol. The van der Waals surface area contributed by atoms with Crippen molar-refractivity contribution in [3.63, 3.8) is 0 Å². The molecule has 0 radical (unpaired) electrons. The van der Waals surface area contributed by atoms with Gasteiger partial charge in [0.25, 0.3) is 0 Å². The van der Waals surface area contributed by atoms with Crippen molar-refractivity contribution in [2.45, 2.75) is 13.8 Å². The third kappa shape index (κ3) is 3.24. The van der Waals surface area contributed by atoms with Crippen molar-refractivity contribution >= 4 is 39.0 Å². The van der Waals surface area contributed by atoms with E-state index in [9.17, 15) is 0 Å². The normalized spacial score (nSPS) is 15.9. The minimum Gasteiger partial charge on any atom is -0.353 e. The summed E-state index contributed by atoms with van der Waals surface area (Å²) in [6.07, 6.45) is 0. The fraction of sp³-hybridized carbons (Fsp3) is 0.368. The lowest BCUT2D eigenvalue weighted by atomic mass is 10.0. The molecule has 0 aliphatic carbocycles. The fourth-order valence-electron chi connectivity index (χ4n) is 3.35. The minimum atomic E-state index is 0.331. The Morgan fingerprint density at radius 1 is 1.08 bits per heavy atom. The summed E-state index contributed by atoms with van der Waals surface area (Å²) in [6.45, 7) is 9.48. The Morgan fingerprint density at radius 2 is 1.80 bits per heavy atom. The minimum absolute atomic E-state index is 0.331. The van der Waals surface area contributed by atoms with Crippen LogP contribution in [0.1, 0.15) is 12.5 Å². The molecule has 4 rings (SSSR count). The van der Waals surface area contributed by atoms with Gasteiger partial charge in [0.2, 0.25) is 5.28 Å². The van der Waals surface area contributed by atoms with E-state index in [-0.39, 0.29) is 0 Å². The standard InChI is InChI=1S/C19H21ClN4S/c1-3-23-8-10-24(11-9-23)17-16-15(14-6-4-13(2)5-7-14)12-25-18(16)22-19(20)21-17/h4-7,12H,3,8-11H2,1-2H3. The number of halogens is 1. The summed E-state index contributed by atoms with van der Waals surface area (Å²) in [7, 11) is 0. The molecule has 1 aliphatic rings. The van der Waals surface area contributed by atoms with Crippen LogP contribution in [0.3, 0.4) is 0 Å². The molecule has 0 unspecified atom stereocenters. The summed E-state index contributed by atoms with van der Waals surface area (Å²) in [4.78, 5) is 14.9. The van der Waals surface area contributed by atoms with Crippen LogP contribution in [0.15, 0.2) is 29.6 Å². The summed E-state index contributed by atoms with van der Waals surface area (Å²) in [6, 6.07) is 8.64. The Labute approximate surface area is 157 Å². The van der Waals surface area contributed by atoms with E-state index in [0.717, 1.165) is 48.8 Å². The number of likely N-dealkylation sites (N-methyl/N-ethyl adjacent to an activating group) is 1. The molecule has 3 heterocycles. The van der Waals surface area contributed by atoms with Crippen LogP contribution in [0.5, 0.6) is 0 Å². The molecule has 6 heteroatoms. The number of anilines is 1. The lowest BCUT2D eigenvalue weighted by Crippen LogP contribution is -2.46. The largest absolute Gasteiger partial charge is 0.353 e. The lowest BCUT2D eigenvalue weighted by molar-refractivity contribution is 0.271. The first-order valence-corrected chi connectivity index (χ1v) is 9.90. The van der Waals surface area contributed by atoms with Gasteiger partial charge in [-0.1, -0.05) is 36.8 Å². The molecule has 0 spiro atoms. The molecular formula is C19H21ClN4S. The van der Waals surface area contributed by atoms with E-state index in [1.54, 1.807) is 11.3 Å². The number of aromatic nitrogens is 2. The maximum absolute atomic E-state index is 6.22. The summed E-state index contributed by atoms with van der Waals surface area (Å²) in [5, 5.41) is 3.63. The quantitative estimate of drug-likeness (QED) is 0.635. The van der Waals surface area contributed by atoms with Gasteiger partial charge < -0.3 is 9.80 Å². The van der Waals surface area contributed by atoms with Gasteiger partial charge in [-0.05, 0) is 30.6 Å². The Morgan fingerprint density at radius 3 is 2.48 bits per heavy atom. The molecule has 1 aromatic carbocycles. The number of piperazine rings is 1. The molecule has 130 valence electrons. The van der Waals surface area contributed by atoms with Gasteiger partial charge in [-0.3, -0.25) is 0 Å². The van der Waals surface area contributed by atoms with Crippen molar-refractivity contribution < 1.29 is 0 Å². The highest BCUT2D eigenvalue weighted by molar-refractivity contribution is 7.17. The van der Waals surface area contributed by atoms with Crippen LogP contribution in [-0.2, 0) is 0 Å². The summed E-state index contributed by atoms with van der Waals surface area (Å²) in [5.74, 6) is 0.975. The Hall–Kier alpha value is -1.69. The van der Waals surface area contributed by atoms with Crippen molar-refractivity contribution in [3.8, 4) is 11.1 Å². The van der Waals surface area contributed by atoms with Crippen LogP contribution in [0.4, 0.5) is 5.82 Å². The number of hydrogen-bond acceptors (Lipinski definition) is 5. The number of thiophene rings is 1. The van der Waals surface area contributed by atoms with E-state index in [1.807, 2.05) is 0 Å². The Kier molecular flexibility index (Phi) is 4.63. The van der Waals surface area contributed by atoms with Crippen molar-refractivity contribution in [1.82, 2.24) is 14.9 Å². The molecule has 4 nitrogen and oxygen atoms in total. The second kappa shape index (κ2) is 6.90. The first-order valence-electron chi connectivity index (χ1n) is 8.65. The van der Waals surface area contributed by atoms with Crippen molar-refractivity contribution in [1.29, 1.82) is 0 Å². The maximum atomic E-state index is 6.22. The molecule has 1 fully saturated rings. The van der Waals surface area contributed by atoms with Gasteiger partial charge in [0, 0.05) is 37.1 Å². The smallest absolute Gasteiger partial charge is 0.225 e. The average molecular weight is 373 g/mol. The molecule has 1 saturated heterocycles. The second-order valence-electron chi connectivity index (χ2n) is 6.43. The van der Waals surface area contributed by atoms with Gasteiger partial charge in [0.05, 0.1) is 5.39 Å². The zero-order chi connectivity index (χ0) is 17.4. The first-order chi connectivity index (χ1) is 12.2. The second-order valence-corrected chi connectivity index (χ2v) is 7.63. The molecule has 0 amide bonds. The zero-order valence-electron chi connectivity index (χ0n) is 14.5. The first kappa shape index (κ1) is 16.8. The van der Waals surface area contributed by atoms with Crippen LogP contribution in [0.2, 0.25) is 5.28 Å². The molecule has 3 aromatic rings. The molecule has 0 atom stereocenters. The number of nitrogens with zero attached hydrogens (tertiary/aromatic N) is 4. The van der Waals surface area contributed by atoms with Gasteiger partial charge in [-0.2, -0.15) is 4.98 Å². The third-order valence-corrected chi connectivity index (χ3v) is 5.91. The van der Waals surface area contributed by atoms with E-state index in [2.05, 4.69) is 63.3 Å². The van der Waals surface area contributed by atoms with Crippen molar-refractivity contribution in [3.05, 3.63) is 40.5 Å². The topological polar surface area (TPSA) is 32.3 Å². The van der Waals surface area contributed by atoms with Gasteiger partial charge in [0.15, 0.2) is 0 Å². The van der Waals surface area contributed by atoms with E-state index >= 15 is 0 Å². The van der Waals surface area contributed by atoms with Gasteiger partial charge in [-0.25, -0.2) is 4.98 Å². The molecule has 0 bridgehead atoms. The van der Waals surface area contributed by atoms with E-state index in [4.69, 9.17) is 11.6 Å². The Balaban J connectivity index is 1.80. The number of benzene rings is 1. The van der Waals surface area contributed by atoms with E-state index in [1.165, 1.54) is 16.7 Å². The van der Waals surface area contributed by atoms with E-state index in [0.29, 0.717) is 5.28 Å². The SMILES string of the molecule is CCN1CCN(c2nc(Cl)nc3scc(-c4ccc(C)cc4)c23)CC1. The van der Waals surface area contributed by atoms with Crippen LogP contribution < -0.4 is 4.90 Å². The third-order valence-electron chi connectivity index (χ3n) is 4.87. The molecule has 25 heavy (non-hydrogen) atoms. The zero-order valence-corrected chi connectivity index (χ0v) is 16.1. The predicted molar refractivity (Wildman–Crippen MR) is 107 cm³/mol. The number of rotatable bonds is 3. The lowest BCUT2D eigenvalue weighted by Gasteiger charge is -2.35. The molecule has 1 aliphatic heterocycles. The predicted octanol–water partition coefficient (Wildman–Crippen LogP) is 4.46. The number of aryl methyl sites for hydroxylation is 1. The van der Waals surface area contributed by atoms with Gasteiger partial charge >= 0.3 is 0 Å². The van der Waals surface area contributed by atoms with Crippen LogP contribution in [-0.4, -0.2) is 47.6 Å². The van der Waals surface area contributed by atoms with Gasteiger partial charge in [0.1, 0.15) is 10.6 Å². The number of hydrogen-bond donors (Lipinski definition) is 0. The summed E-state index contributed by atoms with van der Waals surface area (Å²) < 4.78 is 0. The average Bonchev–Trinajstić information content (AvgIpc) is 3.05. The fourth-order valence-corrected chi connectivity index (χ4v) is 4.50. The van der Waals surface area contributed by atoms with E-state index < -0.39 is 0 Å². The molecule has 0 N–H and O–H groups in total. The highest BCUT2D eigenvalue weighted by Crippen LogP contribution is 2.39. The number of fused-ring (bicyclic) bond motifs is 1. The van der Waals surface area contributed by atoms with Crippen molar-refractivity contribution in [2.75, 3.05) is 37.6 Å². The molecule has 0 saturated carbocycles.